The van der Waals surface area contributed by atoms with Crippen molar-refractivity contribution < 1.29 is 4.74 Å². The average molecular weight is 295 g/mol. The smallest absolute Gasteiger partial charge is 0.158 e. The van der Waals surface area contributed by atoms with E-state index in [1.165, 1.54) is 5.56 Å². The van der Waals surface area contributed by atoms with Crippen LogP contribution in [0.15, 0.2) is 0 Å². The van der Waals surface area contributed by atoms with Crippen LogP contribution in [0.1, 0.15) is 35.8 Å². The highest BCUT2D eigenvalue weighted by molar-refractivity contribution is 7.99. The van der Waals surface area contributed by atoms with Crippen molar-refractivity contribution in [3.63, 3.8) is 0 Å². The van der Waals surface area contributed by atoms with Gasteiger partial charge < -0.3 is 10.1 Å². The molecule has 2 heterocycles. The summed E-state index contributed by atoms with van der Waals surface area (Å²) in [5, 5.41) is 3.23. The number of hydrogen-bond donors (Lipinski definition) is 1. The van der Waals surface area contributed by atoms with Crippen molar-refractivity contribution in [1.29, 1.82) is 0 Å². The van der Waals surface area contributed by atoms with E-state index in [1.54, 1.807) is 0 Å². The lowest BCUT2D eigenvalue weighted by atomic mass is 9.98. The van der Waals surface area contributed by atoms with E-state index in [0.717, 1.165) is 48.3 Å². The molecule has 0 saturated carbocycles. The van der Waals surface area contributed by atoms with Crippen LogP contribution in [0.5, 0.6) is 0 Å². The van der Waals surface area contributed by atoms with E-state index < -0.39 is 0 Å². The van der Waals surface area contributed by atoms with Gasteiger partial charge in [-0.05, 0) is 45.3 Å². The summed E-state index contributed by atoms with van der Waals surface area (Å²) in [4.78, 5) is 9.40. The second-order valence-electron chi connectivity index (χ2n) is 5.53. The molecule has 0 radical (unpaired) electrons. The molecule has 0 amide bonds. The van der Waals surface area contributed by atoms with Crippen LogP contribution in [-0.4, -0.2) is 41.7 Å². The molecule has 1 aromatic rings. The lowest BCUT2D eigenvalue weighted by Crippen LogP contribution is -2.21. The van der Waals surface area contributed by atoms with Gasteiger partial charge in [-0.15, -0.1) is 0 Å². The molecule has 2 atom stereocenters. The molecule has 1 aromatic heterocycles. The van der Waals surface area contributed by atoms with Crippen molar-refractivity contribution in [3.05, 3.63) is 22.8 Å². The molecule has 1 fully saturated rings. The fourth-order valence-electron chi connectivity index (χ4n) is 2.61. The molecule has 1 aliphatic rings. The quantitative estimate of drug-likeness (QED) is 0.903. The summed E-state index contributed by atoms with van der Waals surface area (Å²) in [5.41, 5.74) is 3.50. The Bertz CT molecular complexity index is 424. The lowest BCUT2D eigenvalue weighted by Gasteiger charge is -2.22. The first-order valence-corrected chi connectivity index (χ1v) is 8.45. The van der Waals surface area contributed by atoms with E-state index in [0.29, 0.717) is 5.92 Å². The van der Waals surface area contributed by atoms with Gasteiger partial charge in [0.1, 0.15) is 6.10 Å². The number of hydrogen-bond acceptors (Lipinski definition) is 5. The second-order valence-corrected chi connectivity index (χ2v) is 6.68. The van der Waals surface area contributed by atoms with Gasteiger partial charge in [-0.25, -0.2) is 9.97 Å². The average Bonchev–Trinajstić information content (AvgIpc) is 2.44. The first-order chi connectivity index (χ1) is 9.61. The minimum Gasteiger partial charge on any atom is -0.368 e. The Morgan fingerprint density at radius 3 is 2.60 bits per heavy atom. The van der Waals surface area contributed by atoms with Crippen molar-refractivity contribution in [3.8, 4) is 0 Å². The second kappa shape index (κ2) is 7.38. The number of thioether (sulfide) groups is 1. The maximum absolute atomic E-state index is 5.78. The molecule has 2 rings (SSSR count). The fraction of sp³-hybridized carbons (Fsp3) is 0.733. The largest absolute Gasteiger partial charge is 0.368 e. The molecule has 0 bridgehead atoms. The van der Waals surface area contributed by atoms with E-state index in [4.69, 9.17) is 14.7 Å². The number of ether oxygens (including phenoxy) is 1. The van der Waals surface area contributed by atoms with Crippen LogP contribution in [-0.2, 0) is 11.2 Å². The lowest BCUT2D eigenvalue weighted by molar-refractivity contribution is 0.0691. The molecular formula is C15H25N3OS. The van der Waals surface area contributed by atoms with Gasteiger partial charge in [-0.1, -0.05) is 6.92 Å². The highest BCUT2D eigenvalue weighted by Crippen LogP contribution is 2.26. The summed E-state index contributed by atoms with van der Waals surface area (Å²) in [7, 11) is 1.99. The zero-order valence-corrected chi connectivity index (χ0v) is 13.7. The maximum Gasteiger partial charge on any atom is 0.158 e. The molecule has 1 aliphatic heterocycles. The van der Waals surface area contributed by atoms with Crippen LogP contribution in [0, 0.1) is 19.8 Å². The summed E-state index contributed by atoms with van der Waals surface area (Å²) in [5.74, 6) is 3.49. The van der Waals surface area contributed by atoms with E-state index >= 15 is 0 Å². The van der Waals surface area contributed by atoms with Crippen LogP contribution < -0.4 is 5.32 Å². The maximum atomic E-state index is 5.78. The van der Waals surface area contributed by atoms with Crippen molar-refractivity contribution >= 4 is 11.8 Å². The van der Waals surface area contributed by atoms with Crippen molar-refractivity contribution in [1.82, 2.24) is 15.3 Å². The monoisotopic (exact) mass is 295 g/mol. The van der Waals surface area contributed by atoms with Gasteiger partial charge >= 0.3 is 0 Å². The summed E-state index contributed by atoms with van der Waals surface area (Å²) < 4.78 is 5.78. The molecule has 4 nitrogen and oxygen atoms in total. The fourth-order valence-corrected chi connectivity index (χ4v) is 3.45. The SMILES string of the molecule is CNCC(C)Cc1c(C)nc(C2CSCCO2)nc1C. The molecule has 2 unspecified atom stereocenters. The first-order valence-electron chi connectivity index (χ1n) is 7.29. The number of nitrogens with zero attached hydrogens (tertiary/aromatic N) is 2. The summed E-state index contributed by atoms with van der Waals surface area (Å²) >= 11 is 1.92. The molecule has 20 heavy (non-hydrogen) atoms. The van der Waals surface area contributed by atoms with E-state index in [1.807, 2.05) is 18.8 Å². The molecule has 112 valence electrons. The standard InChI is InChI=1S/C15H25N3OS/c1-10(8-16-4)7-13-11(2)17-15(18-12(13)3)14-9-20-6-5-19-14/h10,14,16H,5-9H2,1-4H3. The highest BCUT2D eigenvalue weighted by Gasteiger charge is 2.21. The molecule has 0 aromatic carbocycles. The Morgan fingerprint density at radius 2 is 2.05 bits per heavy atom. The number of aromatic nitrogens is 2. The van der Waals surface area contributed by atoms with Gasteiger partial charge in [0.25, 0.3) is 0 Å². The van der Waals surface area contributed by atoms with Crippen molar-refractivity contribution in [2.75, 3.05) is 31.7 Å². The first kappa shape index (κ1) is 15.7. The normalized spacial score (nSPS) is 20.9. The summed E-state index contributed by atoms with van der Waals surface area (Å²) in [6.45, 7) is 8.26. The predicted octanol–water partition coefficient (Wildman–Crippen LogP) is 2.30. The molecule has 0 aliphatic carbocycles. The Hall–Kier alpha value is -0.650. The zero-order valence-electron chi connectivity index (χ0n) is 12.9. The van der Waals surface area contributed by atoms with Crippen molar-refractivity contribution in [2.24, 2.45) is 5.92 Å². The third kappa shape index (κ3) is 3.93. The van der Waals surface area contributed by atoms with Crippen LogP contribution >= 0.6 is 11.8 Å². The molecule has 0 spiro atoms. The van der Waals surface area contributed by atoms with Gasteiger partial charge in [0.05, 0.1) is 6.61 Å². The topological polar surface area (TPSA) is 47.0 Å². The van der Waals surface area contributed by atoms with Gasteiger partial charge in [0.2, 0.25) is 0 Å². The summed E-state index contributed by atoms with van der Waals surface area (Å²) in [6, 6.07) is 0. The van der Waals surface area contributed by atoms with Crippen LogP contribution in [0.3, 0.4) is 0 Å². The Morgan fingerprint density at radius 1 is 1.35 bits per heavy atom. The number of aryl methyl sites for hydroxylation is 2. The Balaban J connectivity index is 2.15. The van der Waals surface area contributed by atoms with Crippen LogP contribution in [0.4, 0.5) is 0 Å². The molecule has 1 N–H and O–H groups in total. The predicted molar refractivity (Wildman–Crippen MR) is 84.3 cm³/mol. The van der Waals surface area contributed by atoms with Crippen molar-refractivity contribution in [2.45, 2.75) is 33.3 Å². The highest BCUT2D eigenvalue weighted by atomic mass is 32.2. The minimum absolute atomic E-state index is 0.0648. The van der Waals surface area contributed by atoms with Crippen LogP contribution in [0.25, 0.3) is 0 Å². The summed E-state index contributed by atoms with van der Waals surface area (Å²) in [6.07, 6.45) is 1.09. The number of rotatable bonds is 5. The van der Waals surface area contributed by atoms with Gasteiger partial charge in [0, 0.05) is 22.9 Å². The van der Waals surface area contributed by atoms with E-state index in [-0.39, 0.29) is 6.10 Å². The molecule has 1 saturated heterocycles. The zero-order chi connectivity index (χ0) is 14.5. The Kier molecular flexibility index (Phi) is 5.81. The molecule has 5 heteroatoms. The van der Waals surface area contributed by atoms with E-state index in [2.05, 4.69) is 26.1 Å². The third-order valence-corrected chi connectivity index (χ3v) is 4.64. The van der Waals surface area contributed by atoms with Gasteiger partial charge in [-0.2, -0.15) is 11.8 Å². The van der Waals surface area contributed by atoms with E-state index in [9.17, 15) is 0 Å². The molecular weight excluding hydrogens is 270 g/mol. The van der Waals surface area contributed by atoms with Crippen LogP contribution in [0.2, 0.25) is 0 Å². The number of nitrogens with one attached hydrogen (secondary N) is 1. The van der Waals surface area contributed by atoms with Gasteiger partial charge in [0.15, 0.2) is 5.82 Å². The Labute approximate surface area is 126 Å². The van der Waals surface area contributed by atoms with Gasteiger partial charge in [-0.3, -0.25) is 0 Å². The third-order valence-electron chi connectivity index (χ3n) is 3.65. The minimum atomic E-state index is 0.0648.